The molecule has 0 N–H and O–H groups in total. The minimum Gasteiger partial charge on any atom is -0.124 e. The van der Waals surface area contributed by atoms with Crippen LogP contribution in [-0.2, 0) is 0 Å². The van der Waals surface area contributed by atoms with Crippen LogP contribution in [0.5, 0.6) is 0 Å². The highest BCUT2D eigenvalue weighted by Gasteiger charge is 1.96. The van der Waals surface area contributed by atoms with Crippen molar-refractivity contribution in [3.63, 3.8) is 0 Å². The van der Waals surface area contributed by atoms with Crippen LogP contribution in [0.2, 0.25) is 5.02 Å². The van der Waals surface area contributed by atoms with Crippen molar-refractivity contribution in [2.45, 2.75) is 0 Å². The minimum atomic E-state index is 0.758. The predicted molar refractivity (Wildman–Crippen MR) is 65.6 cm³/mol. The van der Waals surface area contributed by atoms with E-state index in [1.54, 1.807) is 11.3 Å². The maximum atomic E-state index is 5.81. The lowest BCUT2D eigenvalue weighted by Gasteiger charge is -1.99. The molecule has 2 rings (SSSR count). The van der Waals surface area contributed by atoms with Gasteiger partial charge in [0.05, 0.1) is 3.82 Å². The summed E-state index contributed by atoms with van der Waals surface area (Å²) in [7, 11) is 0. The molecule has 1 heterocycles. The Hall–Kier alpha value is -0.700. The van der Waals surface area contributed by atoms with Crippen molar-refractivity contribution in [1.82, 2.24) is 0 Å². The summed E-state index contributed by atoms with van der Waals surface area (Å²) in [5, 5.41) is 0.758. The summed E-state index contributed by atoms with van der Waals surface area (Å²) in [6.07, 6.45) is 0. The Labute approximate surface area is 96.8 Å². The third kappa shape index (κ3) is 2.21. The monoisotopic (exact) mass is 238 g/mol. The lowest BCUT2D eigenvalue weighted by Crippen LogP contribution is -1.73. The fourth-order valence-corrected chi connectivity index (χ4v) is 2.40. The van der Waals surface area contributed by atoms with Crippen LogP contribution in [0.25, 0.3) is 10.4 Å². The van der Waals surface area contributed by atoms with E-state index in [1.165, 1.54) is 4.88 Å². The lowest BCUT2D eigenvalue weighted by molar-refractivity contribution is 1.68. The summed E-state index contributed by atoms with van der Waals surface area (Å²) in [5.41, 5.74) is 1.16. The molecule has 0 amide bonds. The van der Waals surface area contributed by atoms with Gasteiger partial charge in [0.15, 0.2) is 0 Å². The molecule has 0 radical (unpaired) electrons. The molecule has 0 aliphatic heterocycles. The van der Waals surface area contributed by atoms with Crippen LogP contribution in [0, 0.1) is 3.82 Å². The Bertz CT molecular complexity index is 485. The first-order valence-electron chi connectivity index (χ1n) is 4.12. The molecule has 0 spiro atoms. The second kappa shape index (κ2) is 4.22. The normalized spacial score (nSPS) is 10.1. The number of hydrogen-bond acceptors (Lipinski definition) is 2. The van der Waals surface area contributed by atoms with E-state index in [1.807, 2.05) is 36.4 Å². The van der Waals surface area contributed by atoms with E-state index in [4.69, 9.17) is 23.8 Å². The Balaban J connectivity index is 2.50. The number of rotatable bonds is 1. The van der Waals surface area contributed by atoms with Crippen LogP contribution in [0.3, 0.4) is 0 Å². The minimum absolute atomic E-state index is 0.758. The largest absolute Gasteiger partial charge is 0.124 e. The van der Waals surface area contributed by atoms with Gasteiger partial charge in [-0.2, -0.15) is 0 Å². The third-order valence-corrected chi connectivity index (χ3v) is 3.39. The quantitative estimate of drug-likeness (QED) is 0.644. The Kier molecular flexibility index (Phi) is 2.96. The van der Waals surface area contributed by atoms with Gasteiger partial charge in [0.1, 0.15) is 0 Å². The standard InChI is InChI=1S/C11H7ClS2/c12-9-6-4-8(5-7-9)10-2-1-3-11(13)14-10/h1-7H. The van der Waals surface area contributed by atoms with Crippen molar-refractivity contribution in [3.05, 3.63) is 51.3 Å². The van der Waals surface area contributed by atoms with Crippen LogP contribution in [0.1, 0.15) is 0 Å². The van der Waals surface area contributed by atoms with Crippen molar-refractivity contribution in [2.75, 3.05) is 0 Å². The zero-order valence-corrected chi connectivity index (χ0v) is 9.62. The summed E-state index contributed by atoms with van der Waals surface area (Å²) in [5.74, 6) is 0. The van der Waals surface area contributed by atoms with Gasteiger partial charge in [0.25, 0.3) is 0 Å². The number of hydrogen-bond donors (Lipinski definition) is 0. The van der Waals surface area contributed by atoms with E-state index >= 15 is 0 Å². The van der Waals surface area contributed by atoms with Gasteiger partial charge in [0.2, 0.25) is 0 Å². The van der Waals surface area contributed by atoms with Crippen molar-refractivity contribution >= 4 is 35.2 Å². The van der Waals surface area contributed by atoms with Crippen LogP contribution >= 0.6 is 35.2 Å². The highest BCUT2D eigenvalue weighted by Crippen LogP contribution is 2.25. The first kappa shape index (κ1) is 9.84. The molecule has 1 aromatic heterocycles. The SMILES string of the molecule is S=c1cccc(-c2ccc(Cl)cc2)s1. The molecule has 0 unspecified atom stereocenters. The van der Waals surface area contributed by atoms with Gasteiger partial charge in [0, 0.05) is 9.90 Å². The number of benzene rings is 1. The Morgan fingerprint density at radius 3 is 2.36 bits per heavy atom. The molecule has 0 aliphatic rings. The van der Waals surface area contributed by atoms with E-state index < -0.39 is 0 Å². The predicted octanol–water partition coefficient (Wildman–Crippen LogP) is 4.80. The van der Waals surface area contributed by atoms with Gasteiger partial charge in [-0.1, -0.05) is 42.0 Å². The smallest absolute Gasteiger partial charge is 0.0905 e. The highest BCUT2D eigenvalue weighted by molar-refractivity contribution is 7.73. The molecular weight excluding hydrogens is 232 g/mol. The summed E-state index contributed by atoms with van der Waals surface area (Å²) in [6.45, 7) is 0. The second-order valence-corrected chi connectivity index (χ2v) is 5.04. The van der Waals surface area contributed by atoms with Crippen molar-refractivity contribution in [2.24, 2.45) is 0 Å². The van der Waals surface area contributed by atoms with E-state index in [9.17, 15) is 0 Å². The summed E-state index contributed by atoms with van der Waals surface area (Å²) >= 11 is 12.5. The molecule has 0 aliphatic carbocycles. The zero-order chi connectivity index (χ0) is 9.97. The van der Waals surface area contributed by atoms with E-state index in [0.29, 0.717) is 0 Å². The summed E-state index contributed by atoms with van der Waals surface area (Å²) in [4.78, 5) is 1.18. The van der Waals surface area contributed by atoms with Gasteiger partial charge in [-0.15, -0.1) is 11.3 Å². The molecule has 0 atom stereocenters. The molecule has 0 bridgehead atoms. The molecular formula is C11H7ClS2. The Morgan fingerprint density at radius 1 is 1.00 bits per heavy atom. The molecule has 1 aromatic carbocycles. The van der Waals surface area contributed by atoms with Crippen molar-refractivity contribution < 1.29 is 0 Å². The second-order valence-electron chi connectivity index (χ2n) is 2.82. The lowest BCUT2D eigenvalue weighted by atomic mass is 10.2. The molecule has 14 heavy (non-hydrogen) atoms. The topological polar surface area (TPSA) is 0 Å². The fourth-order valence-electron chi connectivity index (χ4n) is 1.16. The zero-order valence-electron chi connectivity index (χ0n) is 7.24. The number of halogens is 1. The van der Waals surface area contributed by atoms with Crippen LogP contribution < -0.4 is 0 Å². The van der Waals surface area contributed by atoms with E-state index in [2.05, 4.69) is 6.07 Å². The maximum Gasteiger partial charge on any atom is 0.0905 e. The summed E-state index contributed by atoms with van der Waals surface area (Å²) < 4.78 is 0.900. The molecule has 0 saturated carbocycles. The van der Waals surface area contributed by atoms with Crippen molar-refractivity contribution in [3.8, 4) is 10.4 Å². The van der Waals surface area contributed by atoms with Gasteiger partial charge < -0.3 is 0 Å². The summed E-state index contributed by atoms with van der Waals surface area (Å²) in [6, 6.07) is 13.7. The average molecular weight is 239 g/mol. The van der Waals surface area contributed by atoms with Gasteiger partial charge in [-0.3, -0.25) is 0 Å². The van der Waals surface area contributed by atoms with Gasteiger partial charge >= 0.3 is 0 Å². The molecule has 3 heteroatoms. The first-order valence-corrected chi connectivity index (χ1v) is 5.72. The highest BCUT2D eigenvalue weighted by atomic mass is 35.5. The Morgan fingerprint density at radius 2 is 1.71 bits per heavy atom. The van der Waals surface area contributed by atoms with Crippen LogP contribution in [0.15, 0.2) is 42.5 Å². The van der Waals surface area contributed by atoms with Crippen LogP contribution in [-0.4, -0.2) is 0 Å². The van der Waals surface area contributed by atoms with E-state index in [-0.39, 0.29) is 0 Å². The molecule has 0 saturated heterocycles. The van der Waals surface area contributed by atoms with Crippen molar-refractivity contribution in [1.29, 1.82) is 0 Å². The fraction of sp³-hybridized carbons (Fsp3) is 0. The molecule has 0 nitrogen and oxygen atoms in total. The van der Waals surface area contributed by atoms with Gasteiger partial charge in [-0.05, 0) is 29.8 Å². The maximum absolute atomic E-state index is 5.81. The molecule has 70 valence electrons. The van der Waals surface area contributed by atoms with Crippen LogP contribution in [0.4, 0.5) is 0 Å². The molecule has 2 aromatic rings. The van der Waals surface area contributed by atoms with Gasteiger partial charge in [-0.25, -0.2) is 0 Å². The molecule has 0 fully saturated rings. The average Bonchev–Trinajstić information content (AvgIpc) is 2.19. The first-order chi connectivity index (χ1) is 6.75. The third-order valence-electron chi connectivity index (χ3n) is 1.82. The van der Waals surface area contributed by atoms with E-state index in [0.717, 1.165) is 14.4 Å².